The molecule has 1 rings (SSSR count). The van der Waals surface area contributed by atoms with Crippen molar-refractivity contribution in [2.24, 2.45) is 0 Å². The molecule has 0 saturated carbocycles. The number of anilines is 1. The molecule has 0 heterocycles. The minimum atomic E-state index is 0.0382. The highest BCUT2D eigenvalue weighted by Crippen LogP contribution is 2.23. The zero-order valence-electron chi connectivity index (χ0n) is 7.95. The van der Waals surface area contributed by atoms with Crippen LogP contribution in [0.5, 0.6) is 5.75 Å². The Kier molecular flexibility index (Phi) is 3.58. The van der Waals surface area contributed by atoms with E-state index in [1.165, 1.54) is 0 Å². The summed E-state index contributed by atoms with van der Waals surface area (Å²) in [5.74, 6) is 0.794. The van der Waals surface area contributed by atoms with Crippen molar-refractivity contribution in [2.75, 3.05) is 19.0 Å². The van der Waals surface area contributed by atoms with Crippen LogP contribution in [0.15, 0.2) is 24.3 Å². The van der Waals surface area contributed by atoms with Gasteiger partial charge in [0.15, 0.2) is 0 Å². The summed E-state index contributed by atoms with van der Waals surface area (Å²) < 4.78 is 5.15. The van der Waals surface area contributed by atoms with Crippen LogP contribution in [0.1, 0.15) is 6.92 Å². The Morgan fingerprint density at radius 2 is 2.15 bits per heavy atom. The van der Waals surface area contributed by atoms with Crippen LogP contribution >= 0.6 is 0 Å². The fraction of sp³-hybridized carbons (Fsp3) is 0.400. The second-order valence-corrected chi connectivity index (χ2v) is 2.93. The van der Waals surface area contributed by atoms with E-state index < -0.39 is 0 Å². The number of aliphatic hydroxyl groups is 1. The van der Waals surface area contributed by atoms with Gasteiger partial charge in [0.1, 0.15) is 5.75 Å². The van der Waals surface area contributed by atoms with Gasteiger partial charge in [-0.25, -0.2) is 0 Å². The maximum absolute atomic E-state index is 8.86. The van der Waals surface area contributed by atoms with Crippen LogP contribution in [0.3, 0.4) is 0 Å². The molecule has 1 aromatic carbocycles. The summed E-state index contributed by atoms with van der Waals surface area (Å²) in [6.07, 6.45) is 0. The lowest BCUT2D eigenvalue weighted by molar-refractivity contribution is 0.281. The highest BCUT2D eigenvalue weighted by Gasteiger charge is 2.03. The summed E-state index contributed by atoms with van der Waals surface area (Å²) in [5, 5.41) is 12.0. The van der Waals surface area contributed by atoms with E-state index in [-0.39, 0.29) is 12.6 Å². The third-order valence-electron chi connectivity index (χ3n) is 1.78. The van der Waals surface area contributed by atoms with E-state index in [4.69, 9.17) is 9.84 Å². The molecule has 2 N–H and O–H groups in total. The number of rotatable bonds is 4. The van der Waals surface area contributed by atoms with Gasteiger partial charge in [0, 0.05) is 6.04 Å². The van der Waals surface area contributed by atoms with Gasteiger partial charge in [0.25, 0.3) is 0 Å². The molecule has 0 fully saturated rings. The van der Waals surface area contributed by atoms with Gasteiger partial charge >= 0.3 is 0 Å². The zero-order valence-corrected chi connectivity index (χ0v) is 7.95. The van der Waals surface area contributed by atoms with Gasteiger partial charge in [-0.1, -0.05) is 12.1 Å². The van der Waals surface area contributed by atoms with E-state index in [0.29, 0.717) is 0 Å². The van der Waals surface area contributed by atoms with Crippen molar-refractivity contribution in [2.45, 2.75) is 13.0 Å². The molecule has 13 heavy (non-hydrogen) atoms. The van der Waals surface area contributed by atoms with Crippen LogP contribution in [0, 0.1) is 0 Å². The van der Waals surface area contributed by atoms with Gasteiger partial charge in [-0.2, -0.15) is 0 Å². The van der Waals surface area contributed by atoms with Crippen LogP contribution in [-0.2, 0) is 0 Å². The molecule has 1 atom stereocenters. The third-order valence-corrected chi connectivity index (χ3v) is 1.78. The molecular weight excluding hydrogens is 166 g/mol. The van der Waals surface area contributed by atoms with Crippen molar-refractivity contribution in [1.82, 2.24) is 0 Å². The monoisotopic (exact) mass is 181 g/mol. The lowest BCUT2D eigenvalue weighted by Gasteiger charge is -2.14. The Balaban J connectivity index is 2.74. The summed E-state index contributed by atoms with van der Waals surface area (Å²) >= 11 is 0. The summed E-state index contributed by atoms with van der Waals surface area (Å²) in [4.78, 5) is 0. The quantitative estimate of drug-likeness (QED) is 0.739. The van der Waals surface area contributed by atoms with E-state index in [1.54, 1.807) is 7.11 Å². The second-order valence-electron chi connectivity index (χ2n) is 2.93. The second kappa shape index (κ2) is 4.72. The van der Waals surface area contributed by atoms with Gasteiger partial charge in [0.05, 0.1) is 19.4 Å². The van der Waals surface area contributed by atoms with Crippen LogP contribution < -0.4 is 10.1 Å². The van der Waals surface area contributed by atoms with Gasteiger partial charge in [-0.3, -0.25) is 0 Å². The molecule has 0 radical (unpaired) electrons. The van der Waals surface area contributed by atoms with Crippen molar-refractivity contribution in [3.05, 3.63) is 24.3 Å². The minimum absolute atomic E-state index is 0.0382. The van der Waals surface area contributed by atoms with Crippen LogP contribution in [-0.4, -0.2) is 24.9 Å². The average molecular weight is 181 g/mol. The van der Waals surface area contributed by atoms with Crippen LogP contribution in [0.25, 0.3) is 0 Å². The molecule has 0 bridgehead atoms. The van der Waals surface area contributed by atoms with Gasteiger partial charge in [-0.05, 0) is 19.1 Å². The summed E-state index contributed by atoms with van der Waals surface area (Å²) in [6, 6.07) is 7.68. The molecule has 0 aromatic heterocycles. The first-order valence-corrected chi connectivity index (χ1v) is 4.28. The number of ether oxygens (including phenoxy) is 1. The van der Waals surface area contributed by atoms with Crippen molar-refractivity contribution < 1.29 is 9.84 Å². The molecule has 1 unspecified atom stereocenters. The summed E-state index contributed by atoms with van der Waals surface area (Å²) in [5.41, 5.74) is 0.909. The number of aliphatic hydroxyl groups excluding tert-OH is 1. The third kappa shape index (κ3) is 2.63. The Bertz CT molecular complexity index is 263. The first kappa shape index (κ1) is 9.86. The molecule has 1 aromatic rings. The Morgan fingerprint density at radius 3 is 2.77 bits per heavy atom. The van der Waals surface area contributed by atoms with Gasteiger partial charge in [0.2, 0.25) is 0 Å². The fourth-order valence-corrected chi connectivity index (χ4v) is 1.07. The van der Waals surface area contributed by atoms with Crippen molar-refractivity contribution in [3.63, 3.8) is 0 Å². The Hall–Kier alpha value is -1.22. The molecule has 3 heteroatoms. The molecule has 0 spiro atoms. The van der Waals surface area contributed by atoms with Crippen LogP contribution in [0.4, 0.5) is 5.69 Å². The topological polar surface area (TPSA) is 41.5 Å². The minimum Gasteiger partial charge on any atom is -0.495 e. The smallest absolute Gasteiger partial charge is 0.141 e. The van der Waals surface area contributed by atoms with Crippen molar-refractivity contribution in [3.8, 4) is 5.75 Å². The number of para-hydroxylation sites is 2. The maximum Gasteiger partial charge on any atom is 0.141 e. The van der Waals surface area contributed by atoms with Gasteiger partial charge in [-0.15, -0.1) is 0 Å². The summed E-state index contributed by atoms with van der Waals surface area (Å²) in [7, 11) is 1.63. The first-order valence-electron chi connectivity index (χ1n) is 4.28. The fourth-order valence-electron chi connectivity index (χ4n) is 1.07. The number of nitrogens with one attached hydrogen (secondary N) is 1. The first-order chi connectivity index (χ1) is 6.27. The lowest BCUT2D eigenvalue weighted by Crippen LogP contribution is -2.19. The zero-order chi connectivity index (χ0) is 9.68. The summed E-state index contributed by atoms with van der Waals surface area (Å²) in [6.45, 7) is 2.02. The van der Waals surface area contributed by atoms with Crippen molar-refractivity contribution >= 4 is 5.69 Å². The highest BCUT2D eigenvalue weighted by molar-refractivity contribution is 5.56. The molecular formula is C10H15NO2. The number of hydrogen-bond donors (Lipinski definition) is 2. The Morgan fingerprint density at radius 1 is 1.46 bits per heavy atom. The number of methoxy groups -OCH3 is 1. The molecule has 0 aliphatic carbocycles. The molecule has 72 valence electrons. The normalized spacial score (nSPS) is 12.2. The number of hydrogen-bond acceptors (Lipinski definition) is 3. The molecule has 0 saturated heterocycles. The van der Waals surface area contributed by atoms with E-state index in [0.717, 1.165) is 11.4 Å². The lowest BCUT2D eigenvalue weighted by atomic mass is 10.2. The number of benzene rings is 1. The molecule has 3 nitrogen and oxygen atoms in total. The highest BCUT2D eigenvalue weighted by atomic mass is 16.5. The van der Waals surface area contributed by atoms with E-state index >= 15 is 0 Å². The average Bonchev–Trinajstić information content (AvgIpc) is 2.18. The van der Waals surface area contributed by atoms with Crippen molar-refractivity contribution in [1.29, 1.82) is 0 Å². The van der Waals surface area contributed by atoms with E-state index in [1.807, 2.05) is 31.2 Å². The SMILES string of the molecule is COc1ccccc1NC(C)CO. The largest absolute Gasteiger partial charge is 0.495 e. The van der Waals surface area contributed by atoms with Gasteiger partial charge < -0.3 is 15.2 Å². The molecule has 0 aliphatic heterocycles. The van der Waals surface area contributed by atoms with Crippen LogP contribution in [0.2, 0.25) is 0 Å². The predicted molar refractivity (Wildman–Crippen MR) is 53.2 cm³/mol. The maximum atomic E-state index is 8.86. The molecule has 0 aliphatic rings. The van der Waals surface area contributed by atoms with E-state index in [2.05, 4.69) is 5.32 Å². The standard InChI is InChI=1S/C10H15NO2/c1-8(7-12)11-9-5-3-4-6-10(9)13-2/h3-6,8,11-12H,7H2,1-2H3. The predicted octanol–water partition coefficient (Wildman–Crippen LogP) is 1.49. The Labute approximate surface area is 78.3 Å². The van der Waals surface area contributed by atoms with E-state index in [9.17, 15) is 0 Å². The molecule has 0 amide bonds.